The summed E-state index contributed by atoms with van der Waals surface area (Å²) in [5, 5.41) is 18.4. The second-order valence-corrected chi connectivity index (χ2v) is 7.90. The first-order chi connectivity index (χ1) is 12.3. The maximum Gasteiger partial charge on any atom is 0.258 e. The van der Waals surface area contributed by atoms with E-state index in [4.69, 9.17) is 4.74 Å². The Bertz CT molecular complexity index is 696. The zero-order valence-electron chi connectivity index (χ0n) is 15.7. The topological polar surface area (TPSA) is 94.0 Å². The fourth-order valence-corrected chi connectivity index (χ4v) is 2.84. The second-order valence-electron chi connectivity index (χ2n) is 6.84. The van der Waals surface area contributed by atoms with Crippen LogP contribution in [0.25, 0.3) is 0 Å². The van der Waals surface area contributed by atoms with E-state index in [0.29, 0.717) is 5.75 Å². The Hall–Kier alpha value is -2.13. The molecule has 0 bridgehead atoms. The number of tetrazole rings is 1. The summed E-state index contributed by atoms with van der Waals surface area (Å²) in [4.78, 5) is 11.7. The molecule has 1 aromatic heterocycles. The van der Waals surface area contributed by atoms with Crippen LogP contribution in [0.1, 0.15) is 26.3 Å². The van der Waals surface area contributed by atoms with E-state index in [1.807, 2.05) is 52.1 Å². The molecule has 0 unspecified atom stereocenters. The van der Waals surface area contributed by atoms with Crippen LogP contribution in [-0.4, -0.2) is 50.6 Å². The van der Waals surface area contributed by atoms with Crippen molar-refractivity contribution in [3.05, 3.63) is 29.8 Å². The third-order valence-electron chi connectivity index (χ3n) is 3.23. The van der Waals surface area contributed by atoms with Crippen LogP contribution in [0.3, 0.4) is 0 Å². The average Bonchev–Trinajstić information content (AvgIpc) is 2.97. The highest BCUT2D eigenvalue weighted by atomic mass is 32.2. The molecule has 2 aromatic rings. The van der Waals surface area contributed by atoms with E-state index in [0.717, 1.165) is 29.6 Å². The molecule has 0 spiro atoms. The number of hydrogen-bond acceptors (Lipinski definition) is 7. The molecule has 1 aromatic carbocycles. The molecule has 0 atom stereocenters. The van der Waals surface area contributed by atoms with Crippen molar-refractivity contribution >= 4 is 17.7 Å². The number of carbonyl (C=O) groups excluding carboxylic acids is 1. The van der Waals surface area contributed by atoms with Crippen LogP contribution in [0.15, 0.2) is 29.4 Å². The highest BCUT2D eigenvalue weighted by molar-refractivity contribution is 7.99. The molecule has 0 radical (unpaired) electrons. The molecule has 0 fully saturated rings. The minimum absolute atomic E-state index is 0.0169. The number of thioether (sulfide) groups is 1. The van der Waals surface area contributed by atoms with E-state index in [2.05, 4.69) is 26.2 Å². The number of aromatic nitrogens is 4. The quantitative estimate of drug-likeness (QED) is 0.503. The van der Waals surface area contributed by atoms with Crippen molar-refractivity contribution in [3.8, 4) is 5.75 Å². The lowest BCUT2D eigenvalue weighted by molar-refractivity contribution is -0.124. The predicted octanol–water partition coefficient (Wildman–Crippen LogP) is 1.39. The van der Waals surface area contributed by atoms with Gasteiger partial charge in [0.2, 0.25) is 5.16 Å². The summed E-state index contributed by atoms with van der Waals surface area (Å²) in [5.74, 6) is 1.44. The number of ether oxygens (including phenoxy) is 1. The molecule has 0 saturated carbocycles. The van der Waals surface area contributed by atoms with E-state index in [1.54, 1.807) is 16.4 Å². The van der Waals surface area contributed by atoms with E-state index < -0.39 is 0 Å². The van der Waals surface area contributed by atoms with E-state index in [-0.39, 0.29) is 18.1 Å². The molecule has 0 aliphatic carbocycles. The van der Waals surface area contributed by atoms with Gasteiger partial charge in [-0.25, -0.2) is 4.68 Å². The Morgan fingerprint density at radius 2 is 2.00 bits per heavy atom. The van der Waals surface area contributed by atoms with Gasteiger partial charge in [0.15, 0.2) is 6.61 Å². The highest BCUT2D eigenvalue weighted by Gasteiger charge is 2.13. The van der Waals surface area contributed by atoms with Gasteiger partial charge >= 0.3 is 0 Å². The molecule has 0 saturated heterocycles. The van der Waals surface area contributed by atoms with Crippen LogP contribution in [0.2, 0.25) is 0 Å². The lowest BCUT2D eigenvalue weighted by Gasteiger charge is -2.20. The normalized spacial score (nSPS) is 11.4. The highest BCUT2D eigenvalue weighted by Crippen LogP contribution is 2.13. The van der Waals surface area contributed by atoms with Gasteiger partial charge in [-0.3, -0.25) is 4.79 Å². The molecular weight excluding hydrogens is 352 g/mol. The van der Waals surface area contributed by atoms with Gasteiger partial charge in [0.05, 0.1) is 0 Å². The van der Waals surface area contributed by atoms with Gasteiger partial charge in [0.1, 0.15) is 5.75 Å². The Balaban J connectivity index is 1.64. The minimum Gasteiger partial charge on any atom is -0.484 e. The van der Waals surface area contributed by atoms with Crippen molar-refractivity contribution < 1.29 is 9.53 Å². The first-order valence-corrected chi connectivity index (χ1v) is 9.41. The van der Waals surface area contributed by atoms with Crippen LogP contribution in [0.5, 0.6) is 5.75 Å². The lowest BCUT2D eigenvalue weighted by Crippen LogP contribution is -2.43. The lowest BCUT2D eigenvalue weighted by atomic mass is 10.1. The fraction of sp³-hybridized carbons (Fsp3) is 0.529. The Labute approximate surface area is 158 Å². The first-order valence-electron chi connectivity index (χ1n) is 8.42. The van der Waals surface area contributed by atoms with Crippen molar-refractivity contribution in [2.45, 2.75) is 38.0 Å². The number of rotatable bonds is 9. The maximum atomic E-state index is 11.7. The summed E-state index contributed by atoms with van der Waals surface area (Å²) >= 11 is 1.61. The molecule has 1 heterocycles. The number of nitrogens with one attached hydrogen (secondary N) is 2. The molecular formula is C17H26N6O2S. The van der Waals surface area contributed by atoms with Gasteiger partial charge in [-0.1, -0.05) is 23.9 Å². The first kappa shape index (κ1) is 20.2. The van der Waals surface area contributed by atoms with Gasteiger partial charge < -0.3 is 15.4 Å². The Kier molecular flexibility index (Phi) is 7.40. The summed E-state index contributed by atoms with van der Waals surface area (Å²) in [7, 11) is 1.83. The molecule has 2 rings (SSSR count). The molecule has 1 amide bonds. The van der Waals surface area contributed by atoms with E-state index in [9.17, 15) is 4.79 Å². The standard InChI is InChI=1S/C17H26N6O2S/c1-17(2,3)19-15(24)12-25-14-7-5-13(6-8-14)11-18-9-10-26-16-20-21-22-23(16)4/h5-8,18H,9-12H2,1-4H3,(H,19,24). The number of carbonyl (C=O) groups is 1. The Morgan fingerprint density at radius 3 is 2.62 bits per heavy atom. The molecule has 26 heavy (non-hydrogen) atoms. The minimum atomic E-state index is -0.252. The summed E-state index contributed by atoms with van der Waals surface area (Å²) < 4.78 is 7.17. The zero-order chi connectivity index (χ0) is 19.0. The summed E-state index contributed by atoms with van der Waals surface area (Å²) in [6, 6.07) is 7.73. The monoisotopic (exact) mass is 378 g/mol. The van der Waals surface area contributed by atoms with E-state index >= 15 is 0 Å². The van der Waals surface area contributed by atoms with Gasteiger partial charge in [0.25, 0.3) is 5.91 Å². The second kappa shape index (κ2) is 9.54. The van der Waals surface area contributed by atoms with Crippen molar-refractivity contribution in [3.63, 3.8) is 0 Å². The maximum absolute atomic E-state index is 11.7. The SMILES string of the molecule is Cn1nnnc1SCCNCc1ccc(OCC(=O)NC(C)(C)C)cc1. The van der Waals surface area contributed by atoms with Gasteiger partial charge in [-0.15, -0.1) is 5.10 Å². The molecule has 2 N–H and O–H groups in total. The molecule has 142 valence electrons. The fourth-order valence-electron chi connectivity index (χ4n) is 2.10. The van der Waals surface area contributed by atoms with Crippen LogP contribution < -0.4 is 15.4 Å². The summed E-state index contributed by atoms with van der Waals surface area (Å²) in [6.07, 6.45) is 0. The largest absolute Gasteiger partial charge is 0.484 e. The van der Waals surface area contributed by atoms with Crippen molar-refractivity contribution in [2.75, 3.05) is 18.9 Å². The molecule has 8 nitrogen and oxygen atoms in total. The van der Waals surface area contributed by atoms with Crippen molar-refractivity contribution in [1.82, 2.24) is 30.8 Å². The van der Waals surface area contributed by atoms with Crippen LogP contribution >= 0.6 is 11.8 Å². The van der Waals surface area contributed by atoms with Crippen molar-refractivity contribution in [2.24, 2.45) is 7.05 Å². The zero-order valence-corrected chi connectivity index (χ0v) is 16.5. The van der Waals surface area contributed by atoms with Gasteiger partial charge in [-0.2, -0.15) is 0 Å². The van der Waals surface area contributed by atoms with Crippen LogP contribution in [-0.2, 0) is 18.4 Å². The number of amides is 1. The number of hydrogen-bond donors (Lipinski definition) is 2. The third kappa shape index (κ3) is 7.40. The summed E-state index contributed by atoms with van der Waals surface area (Å²) in [5.41, 5.74) is 0.902. The number of benzene rings is 1. The smallest absolute Gasteiger partial charge is 0.258 e. The average molecular weight is 379 g/mol. The summed E-state index contributed by atoms with van der Waals surface area (Å²) in [6.45, 7) is 7.45. The molecule has 0 aliphatic heterocycles. The molecule has 0 aliphatic rings. The Morgan fingerprint density at radius 1 is 1.27 bits per heavy atom. The predicted molar refractivity (Wildman–Crippen MR) is 101 cm³/mol. The molecule has 9 heteroatoms. The third-order valence-corrected chi connectivity index (χ3v) is 4.24. The van der Waals surface area contributed by atoms with Crippen LogP contribution in [0, 0.1) is 0 Å². The number of aryl methyl sites for hydroxylation is 1. The number of nitrogens with zero attached hydrogens (tertiary/aromatic N) is 4. The van der Waals surface area contributed by atoms with E-state index in [1.165, 1.54) is 0 Å². The van der Waals surface area contributed by atoms with Crippen LogP contribution in [0.4, 0.5) is 0 Å². The van der Waals surface area contributed by atoms with Crippen molar-refractivity contribution in [1.29, 1.82) is 0 Å². The van der Waals surface area contributed by atoms with Gasteiger partial charge in [0, 0.05) is 31.4 Å². The van der Waals surface area contributed by atoms with Gasteiger partial charge in [-0.05, 0) is 48.9 Å².